The van der Waals surface area contributed by atoms with Crippen molar-refractivity contribution in [3.8, 4) is 0 Å². The third kappa shape index (κ3) is 74200. The quantitative estimate of drug-likeness (QED) is 0.367. The molecule has 0 rings (SSSR count). The molecule has 0 aliphatic heterocycles. The summed E-state index contributed by atoms with van der Waals surface area (Å²) in [5.74, 6) is 0. The topological polar surface area (TPSA) is 82.5 Å². The first kappa shape index (κ1) is 24.9. The molecule has 0 saturated carbocycles. The molecule has 0 fully saturated rings. The number of hydrogen-bond donors (Lipinski definition) is 3. The molecule has 0 unspecified atom stereocenters. The van der Waals surface area contributed by atoms with E-state index in [1.54, 1.807) is 0 Å². The van der Waals surface area contributed by atoms with Crippen LogP contribution in [0, 0.1) is 0 Å². The van der Waals surface area contributed by atoms with Crippen molar-refractivity contribution < 1.29 is 29.8 Å². The van der Waals surface area contributed by atoms with Gasteiger partial charge in [-0.15, -0.1) is 0 Å². The monoisotopic (exact) mass is 239 g/mol. The second-order valence-corrected chi connectivity index (χ2v) is 4.79. The van der Waals surface area contributed by atoms with E-state index in [0.29, 0.717) is 0 Å². The predicted octanol–water partition coefficient (Wildman–Crippen LogP) is -7.67. The molecule has 0 aliphatic rings. The Balaban J connectivity index is -0.0000000600. The van der Waals surface area contributed by atoms with Crippen LogP contribution < -0.4 is 29.8 Å². The van der Waals surface area contributed by atoms with Crippen LogP contribution in [0.5, 0.6) is 0 Å². The minimum absolute atomic E-state index is 1.42. The van der Waals surface area contributed by atoms with Crippen LogP contribution in [0.1, 0.15) is 0 Å². The van der Waals surface area contributed by atoms with E-state index in [9.17, 15) is 0 Å². The number of quaternary nitrogens is 3. The molecule has 0 aromatic rings. The van der Waals surface area contributed by atoms with Crippen molar-refractivity contribution in [2.75, 3.05) is 63.4 Å². The largest absolute Gasteiger partial charge is 0.907 e. The minimum Gasteiger partial charge on any atom is -0.907 e. The van der Waals surface area contributed by atoms with Crippen molar-refractivity contribution in [3.05, 3.63) is 0 Å². The summed E-state index contributed by atoms with van der Waals surface area (Å²) in [6.07, 6.45) is 0. The molecule has 0 bridgehead atoms. The summed E-state index contributed by atoms with van der Waals surface area (Å²) in [5, 5.41) is 25.2. The Morgan fingerprint density at radius 1 is 0.500 bits per heavy atom. The fourth-order valence-electron chi connectivity index (χ4n) is 0. The van der Waals surface area contributed by atoms with Gasteiger partial charge in [0.1, 0.15) is 0 Å². The van der Waals surface area contributed by atoms with E-state index in [1.165, 1.54) is 14.7 Å². The van der Waals surface area contributed by atoms with Gasteiger partial charge in [-0.25, -0.2) is 0 Å². The fourth-order valence-corrected chi connectivity index (χ4v) is 0. The van der Waals surface area contributed by atoms with Gasteiger partial charge in [0.05, 0.1) is 63.4 Å². The summed E-state index contributed by atoms with van der Waals surface area (Å²) in [4.78, 5) is 4.25. The molecule has 0 aromatic carbocycles. The molecule has 16 heavy (non-hydrogen) atoms. The van der Waals surface area contributed by atoms with Crippen LogP contribution in [0.25, 0.3) is 0 Å². The zero-order valence-corrected chi connectivity index (χ0v) is 12.3. The van der Waals surface area contributed by atoms with Gasteiger partial charge in [0.25, 0.3) is 0 Å². The first-order valence-electron chi connectivity index (χ1n) is 5.21. The minimum atomic E-state index is -2.92. The third-order valence-electron chi connectivity index (χ3n) is 0. The van der Waals surface area contributed by atoms with Gasteiger partial charge in [-0.1, -0.05) is 0 Å². The molecular formula is C9H30BN3O3. The zero-order valence-electron chi connectivity index (χ0n) is 12.3. The van der Waals surface area contributed by atoms with Crippen molar-refractivity contribution in [2.24, 2.45) is 0 Å². The molecule has 3 N–H and O–H groups in total. The number of rotatable bonds is 0. The Labute approximate surface area is 101 Å². The lowest BCUT2D eigenvalue weighted by molar-refractivity contribution is -0.836. The fraction of sp³-hybridized carbons (Fsp3) is 1.00. The van der Waals surface area contributed by atoms with Gasteiger partial charge in [0.15, 0.2) is 0 Å². The summed E-state index contributed by atoms with van der Waals surface area (Å²) in [5.41, 5.74) is 0. The lowest BCUT2D eigenvalue weighted by atomic mass is 10.3. The molecule has 0 heterocycles. The average Bonchev–Trinajstić information content (AvgIpc) is 1.76. The van der Waals surface area contributed by atoms with Crippen LogP contribution in [-0.4, -0.2) is 70.8 Å². The van der Waals surface area contributed by atoms with E-state index in [2.05, 4.69) is 63.4 Å². The number of nitrogens with one attached hydrogen (secondary N) is 3. The highest BCUT2D eigenvalue weighted by molar-refractivity contribution is 6.24. The lowest BCUT2D eigenvalue weighted by Gasteiger charge is -2.35. The summed E-state index contributed by atoms with van der Waals surface area (Å²) in [6, 6.07) is 0. The Morgan fingerprint density at radius 3 is 0.500 bits per heavy atom. The molecule has 0 aliphatic carbocycles. The maximum absolute atomic E-state index is 8.42. The summed E-state index contributed by atoms with van der Waals surface area (Å²) < 4.78 is 0. The molecule has 0 saturated heterocycles. The third-order valence-corrected chi connectivity index (χ3v) is 0. The molecule has 0 amide bonds. The Hall–Kier alpha value is -0.175. The summed E-state index contributed by atoms with van der Waals surface area (Å²) in [6.45, 7) is 0. The van der Waals surface area contributed by atoms with E-state index >= 15 is 0 Å². The van der Waals surface area contributed by atoms with Crippen LogP contribution in [-0.2, 0) is 0 Å². The smallest absolute Gasteiger partial charge is 0.0661 e. The summed E-state index contributed by atoms with van der Waals surface area (Å²) in [7, 11) is 15.8. The van der Waals surface area contributed by atoms with E-state index in [0.717, 1.165) is 0 Å². The molecule has 0 spiro atoms. The van der Waals surface area contributed by atoms with Crippen molar-refractivity contribution in [2.45, 2.75) is 0 Å². The molecule has 0 aromatic heterocycles. The zero-order chi connectivity index (χ0) is 14.3. The van der Waals surface area contributed by atoms with Crippen molar-refractivity contribution >= 4 is 7.32 Å². The van der Waals surface area contributed by atoms with E-state index in [-0.39, 0.29) is 0 Å². The highest BCUT2D eigenvalue weighted by Crippen LogP contribution is 0.995. The van der Waals surface area contributed by atoms with Crippen LogP contribution >= 0.6 is 0 Å². The van der Waals surface area contributed by atoms with Crippen LogP contribution in [0.3, 0.4) is 0 Å². The van der Waals surface area contributed by atoms with Gasteiger partial charge in [-0.05, 0) is 0 Å². The normalized spacial score (nSPS) is 8.44. The predicted molar refractivity (Wildman–Crippen MR) is 62.0 cm³/mol. The maximum atomic E-state index is 8.42. The Kier molecular flexibility index (Phi) is 31.5. The van der Waals surface area contributed by atoms with Crippen molar-refractivity contribution in [1.29, 1.82) is 0 Å². The lowest BCUT2D eigenvalue weighted by Crippen LogP contribution is -3.02. The SMILES string of the molecule is C[NH+](C)C.C[NH+](C)C.C[NH+](C)C.[O-]B([O-])[O-]. The Morgan fingerprint density at radius 2 is 0.500 bits per heavy atom. The molecule has 6 nitrogen and oxygen atoms in total. The van der Waals surface area contributed by atoms with Gasteiger partial charge < -0.3 is 29.8 Å². The van der Waals surface area contributed by atoms with Crippen molar-refractivity contribution in [3.63, 3.8) is 0 Å². The van der Waals surface area contributed by atoms with Crippen molar-refractivity contribution in [1.82, 2.24) is 0 Å². The first-order valence-corrected chi connectivity index (χ1v) is 5.21. The highest BCUT2D eigenvalue weighted by atomic mass is 16.5. The molecular weight excluding hydrogens is 209 g/mol. The highest BCUT2D eigenvalue weighted by Gasteiger charge is 1.61. The standard InChI is InChI=1S/3C3H9N.BO3/c3*1-4(2)3;2-1(3)4/h3*1-3H3;/q;;;-3/p+3. The average molecular weight is 239 g/mol. The van der Waals surface area contributed by atoms with Gasteiger partial charge in [0, 0.05) is 0 Å². The maximum Gasteiger partial charge on any atom is 0.0661 e. The Bertz CT molecular complexity index is 69.0. The molecule has 102 valence electrons. The molecule has 0 atom stereocenters. The van der Waals surface area contributed by atoms with E-state index < -0.39 is 7.32 Å². The van der Waals surface area contributed by atoms with Crippen LogP contribution in [0.4, 0.5) is 0 Å². The van der Waals surface area contributed by atoms with Gasteiger partial charge >= 0.3 is 0 Å². The van der Waals surface area contributed by atoms with Gasteiger partial charge in [0.2, 0.25) is 0 Å². The van der Waals surface area contributed by atoms with Gasteiger partial charge in [-0.3, -0.25) is 7.32 Å². The molecule has 7 heteroatoms. The number of hydrogen-bond acceptors (Lipinski definition) is 3. The summed E-state index contributed by atoms with van der Waals surface area (Å²) >= 11 is 0. The first-order chi connectivity index (χ1) is 6.93. The van der Waals surface area contributed by atoms with Crippen LogP contribution in [0.15, 0.2) is 0 Å². The second kappa shape index (κ2) is 20.3. The van der Waals surface area contributed by atoms with E-state index in [4.69, 9.17) is 15.1 Å². The second-order valence-electron chi connectivity index (χ2n) is 4.79. The van der Waals surface area contributed by atoms with Gasteiger partial charge in [-0.2, -0.15) is 0 Å². The van der Waals surface area contributed by atoms with E-state index in [1.807, 2.05) is 0 Å². The van der Waals surface area contributed by atoms with Crippen LogP contribution in [0.2, 0.25) is 0 Å². The molecule has 0 radical (unpaired) electrons.